The van der Waals surface area contributed by atoms with Gasteiger partial charge in [-0.15, -0.1) is 11.3 Å². The Labute approximate surface area is 95.8 Å². The normalized spacial score (nSPS) is 11.2. The van der Waals surface area contributed by atoms with Crippen LogP contribution in [0.4, 0.5) is 5.13 Å². The van der Waals surface area contributed by atoms with Gasteiger partial charge in [-0.1, -0.05) is 5.16 Å². The van der Waals surface area contributed by atoms with Gasteiger partial charge in [-0.2, -0.15) is 0 Å². The predicted molar refractivity (Wildman–Crippen MR) is 58.0 cm³/mol. The van der Waals surface area contributed by atoms with E-state index < -0.39 is 5.97 Å². The number of oxime groups is 1. The summed E-state index contributed by atoms with van der Waals surface area (Å²) in [5.41, 5.74) is 5.71. The van der Waals surface area contributed by atoms with Crippen molar-refractivity contribution in [1.29, 1.82) is 0 Å². The van der Waals surface area contributed by atoms with Gasteiger partial charge < -0.3 is 20.0 Å². The third-order valence-electron chi connectivity index (χ3n) is 1.47. The molecule has 0 unspecified atom stereocenters. The van der Waals surface area contributed by atoms with Crippen LogP contribution in [0.1, 0.15) is 5.69 Å². The summed E-state index contributed by atoms with van der Waals surface area (Å²) in [6, 6.07) is 0. The number of methoxy groups -OCH3 is 2. The van der Waals surface area contributed by atoms with Crippen LogP contribution in [0, 0.1) is 0 Å². The van der Waals surface area contributed by atoms with Gasteiger partial charge in [0.2, 0.25) is 12.5 Å². The lowest BCUT2D eigenvalue weighted by molar-refractivity contribution is -0.133. The highest BCUT2D eigenvalue weighted by Gasteiger charge is 2.18. The summed E-state index contributed by atoms with van der Waals surface area (Å²) in [7, 11) is 2.68. The van der Waals surface area contributed by atoms with Gasteiger partial charge in [-0.3, -0.25) is 0 Å². The van der Waals surface area contributed by atoms with Gasteiger partial charge in [0.25, 0.3) is 0 Å². The molecule has 0 atom stereocenters. The van der Waals surface area contributed by atoms with Crippen molar-refractivity contribution >= 4 is 28.1 Å². The number of carbonyl (C=O) groups excluding carboxylic acids is 1. The molecule has 1 aromatic rings. The standard InChI is InChI=1S/C8H11N3O4S/c1-13-4-15-11-6(7(12)14-2)5-3-16-8(9)10-5/h3H,4H2,1-2H3,(H2,9,10)/b11-6-. The fourth-order valence-electron chi connectivity index (χ4n) is 0.825. The number of nitrogen functional groups attached to an aromatic ring is 1. The molecule has 0 fully saturated rings. The van der Waals surface area contributed by atoms with Gasteiger partial charge in [-0.05, 0) is 0 Å². The van der Waals surface area contributed by atoms with Gasteiger partial charge in [0.1, 0.15) is 5.69 Å². The van der Waals surface area contributed by atoms with E-state index in [1.807, 2.05) is 0 Å². The van der Waals surface area contributed by atoms with Crippen LogP contribution in [0.15, 0.2) is 10.5 Å². The minimum atomic E-state index is -0.651. The van der Waals surface area contributed by atoms with Crippen LogP contribution in [0.5, 0.6) is 0 Å². The molecule has 0 radical (unpaired) electrons. The Hall–Kier alpha value is -1.67. The number of anilines is 1. The highest BCUT2D eigenvalue weighted by Crippen LogP contribution is 2.12. The molecular weight excluding hydrogens is 234 g/mol. The molecule has 7 nitrogen and oxygen atoms in total. The SMILES string of the molecule is COCO/N=C(\C(=O)OC)c1csc(N)n1. The third-order valence-corrected chi connectivity index (χ3v) is 2.14. The Kier molecular flexibility index (Phi) is 4.67. The number of ether oxygens (including phenoxy) is 2. The Bertz CT molecular complexity index is 390. The van der Waals surface area contributed by atoms with Crippen LogP contribution in [0.3, 0.4) is 0 Å². The molecule has 1 aromatic heterocycles. The van der Waals surface area contributed by atoms with E-state index in [1.165, 1.54) is 25.6 Å². The maximum atomic E-state index is 11.4. The van der Waals surface area contributed by atoms with Gasteiger partial charge in [0.15, 0.2) is 5.13 Å². The zero-order valence-corrected chi connectivity index (χ0v) is 9.61. The number of carbonyl (C=O) groups is 1. The zero-order chi connectivity index (χ0) is 12.0. The lowest BCUT2D eigenvalue weighted by Gasteiger charge is -2.01. The quantitative estimate of drug-likeness (QED) is 0.262. The molecule has 0 aromatic carbocycles. The van der Waals surface area contributed by atoms with Crippen LogP contribution < -0.4 is 5.73 Å². The van der Waals surface area contributed by atoms with Crippen molar-refractivity contribution in [3.05, 3.63) is 11.1 Å². The first kappa shape index (κ1) is 12.4. The maximum absolute atomic E-state index is 11.4. The molecule has 8 heteroatoms. The van der Waals surface area contributed by atoms with E-state index in [1.54, 1.807) is 5.38 Å². The number of hydrogen-bond acceptors (Lipinski definition) is 8. The molecule has 2 N–H and O–H groups in total. The number of nitrogens with two attached hydrogens (primary N) is 1. The molecule has 0 amide bonds. The molecule has 1 heterocycles. The molecule has 0 spiro atoms. The maximum Gasteiger partial charge on any atom is 0.362 e. The molecule has 0 aliphatic carbocycles. The van der Waals surface area contributed by atoms with Gasteiger partial charge in [0, 0.05) is 12.5 Å². The number of esters is 1. The molecule has 0 bridgehead atoms. The summed E-state index contributed by atoms with van der Waals surface area (Å²) in [5.74, 6) is -0.651. The van der Waals surface area contributed by atoms with Gasteiger partial charge in [0.05, 0.1) is 7.11 Å². The monoisotopic (exact) mass is 245 g/mol. The summed E-state index contributed by atoms with van der Waals surface area (Å²) in [5, 5.41) is 5.49. The fraction of sp³-hybridized carbons (Fsp3) is 0.375. The number of aromatic nitrogens is 1. The number of hydrogen-bond donors (Lipinski definition) is 1. The molecule has 0 saturated carbocycles. The van der Waals surface area contributed by atoms with Crippen LogP contribution in [0.25, 0.3) is 0 Å². The first-order valence-corrected chi connectivity index (χ1v) is 5.05. The Balaban J connectivity index is 2.87. The lowest BCUT2D eigenvalue weighted by Crippen LogP contribution is -2.18. The van der Waals surface area contributed by atoms with E-state index in [-0.39, 0.29) is 12.5 Å². The van der Waals surface area contributed by atoms with Crippen LogP contribution in [0.2, 0.25) is 0 Å². The van der Waals surface area contributed by atoms with Crippen molar-refractivity contribution in [2.45, 2.75) is 0 Å². The second kappa shape index (κ2) is 6.03. The molecule has 1 rings (SSSR count). The zero-order valence-electron chi connectivity index (χ0n) is 8.80. The van der Waals surface area contributed by atoms with E-state index in [2.05, 4.69) is 19.6 Å². The Morgan fingerprint density at radius 2 is 2.38 bits per heavy atom. The van der Waals surface area contributed by atoms with Crippen LogP contribution >= 0.6 is 11.3 Å². The lowest BCUT2D eigenvalue weighted by atomic mass is 10.3. The minimum Gasteiger partial charge on any atom is -0.464 e. The van der Waals surface area contributed by atoms with Crippen LogP contribution in [-0.2, 0) is 19.1 Å². The number of thiazole rings is 1. The van der Waals surface area contributed by atoms with Crippen molar-refractivity contribution < 1.29 is 19.1 Å². The highest BCUT2D eigenvalue weighted by molar-refractivity contribution is 7.13. The Morgan fingerprint density at radius 3 is 2.88 bits per heavy atom. The predicted octanol–water partition coefficient (Wildman–Crippen LogP) is 0.223. The first-order valence-electron chi connectivity index (χ1n) is 4.17. The van der Waals surface area contributed by atoms with E-state index in [0.29, 0.717) is 10.8 Å². The summed E-state index contributed by atoms with van der Waals surface area (Å²) >= 11 is 1.19. The molecule has 0 aliphatic rings. The average Bonchev–Trinajstić information content (AvgIpc) is 2.70. The minimum absolute atomic E-state index is 0.0486. The molecular formula is C8H11N3O4S. The average molecular weight is 245 g/mol. The summed E-state index contributed by atoms with van der Waals surface area (Å²) < 4.78 is 9.16. The second-order valence-electron chi connectivity index (χ2n) is 2.54. The fourth-order valence-corrected chi connectivity index (χ4v) is 1.37. The van der Waals surface area contributed by atoms with Crippen molar-refractivity contribution in [3.63, 3.8) is 0 Å². The molecule has 0 aliphatic heterocycles. The van der Waals surface area contributed by atoms with E-state index in [4.69, 9.17) is 10.6 Å². The summed E-state index contributed by atoms with van der Waals surface area (Å²) in [4.78, 5) is 20.0. The molecule has 88 valence electrons. The second-order valence-corrected chi connectivity index (χ2v) is 3.43. The van der Waals surface area contributed by atoms with E-state index in [0.717, 1.165) is 0 Å². The summed E-state index contributed by atoms with van der Waals surface area (Å²) in [6.45, 7) is -0.0693. The van der Waals surface area contributed by atoms with E-state index >= 15 is 0 Å². The number of rotatable bonds is 5. The largest absolute Gasteiger partial charge is 0.464 e. The van der Waals surface area contributed by atoms with Crippen LogP contribution in [-0.4, -0.2) is 37.7 Å². The van der Waals surface area contributed by atoms with Crippen molar-refractivity contribution in [1.82, 2.24) is 4.98 Å². The number of nitrogens with zero attached hydrogens (tertiary/aromatic N) is 2. The highest BCUT2D eigenvalue weighted by atomic mass is 32.1. The third kappa shape index (κ3) is 3.17. The van der Waals surface area contributed by atoms with Gasteiger partial charge in [-0.25, -0.2) is 9.78 Å². The first-order chi connectivity index (χ1) is 7.69. The molecule has 0 saturated heterocycles. The smallest absolute Gasteiger partial charge is 0.362 e. The van der Waals surface area contributed by atoms with Crippen molar-refractivity contribution in [3.8, 4) is 0 Å². The Morgan fingerprint density at radius 1 is 1.62 bits per heavy atom. The van der Waals surface area contributed by atoms with Crippen molar-refractivity contribution in [2.24, 2.45) is 5.16 Å². The molecule has 16 heavy (non-hydrogen) atoms. The van der Waals surface area contributed by atoms with Gasteiger partial charge >= 0.3 is 5.97 Å². The van der Waals surface area contributed by atoms with Crippen molar-refractivity contribution in [2.75, 3.05) is 26.7 Å². The van der Waals surface area contributed by atoms with E-state index in [9.17, 15) is 4.79 Å². The summed E-state index contributed by atoms with van der Waals surface area (Å²) in [6.07, 6.45) is 0. The topological polar surface area (TPSA) is 96.0 Å².